The van der Waals surface area contributed by atoms with Gasteiger partial charge in [-0.05, 0) is 30.1 Å². The molecule has 3 aliphatic carbocycles. The molecule has 3 saturated carbocycles. The Morgan fingerprint density at radius 3 is 1.07 bits per heavy atom. The third-order valence-electron chi connectivity index (χ3n) is 4.94. The quantitative estimate of drug-likeness (QED) is 0.524. The fraction of sp³-hybridized carbons (Fsp3) is 1.00. The Labute approximate surface area is 95.8 Å². The number of hydrogen-bond acceptors (Lipinski definition) is 0. The van der Waals surface area contributed by atoms with Crippen LogP contribution in [0.4, 0.5) is 0 Å². The van der Waals surface area contributed by atoms with Gasteiger partial charge < -0.3 is 0 Å². The Hall–Kier alpha value is 0. The first kappa shape index (κ1) is 11.5. The fourth-order valence-corrected chi connectivity index (χ4v) is 3.60. The Bertz CT molecular complexity index is 148. The zero-order valence-corrected chi connectivity index (χ0v) is 10.7. The first-order valence-electron chi connectivity index (χ1n) is 7.24. The molecule has 0 aromatic rings. The molecule has 0 nitrogen and oxygen atoms in total. The number of rotatable bonds is 0. The van der Waals surface area contributed by atoms with Crippen molar-refractivity contribution in [2.45, 2.75) is 71.6 Å². The van der Waals surface area contributed by atoms with Crippen LogP contribution < -0.4 is 0 Å². The van der Waals surface area contributed by atoms with E-state index in [9.17, 15) is 0 Å². The summed E-state index contributed by atoms with van der Waals surface area (Å²) in [7, 11) is 0. The van der Waals surface area contributed by atoms with Crippen molar-refractivity contribution in [1.82, 2.24) is 0 Å². The van der Waals surface area contributed by atoms with Gasteiger partial charge in [-0.15, -0.1) is 0 Å². The maximum Gasteiger partial charge on any atom is -0.0411 e. The lowest BCUT2D eigenvalue weighted by Gasteiger charge is -2.22. The van der Waals surface area contributed by atoms with E-state index in [2.05, 4.69) is 13.8 Å². The van der Waals surface area contributed by atoms with Crippen molar-refractivity contribution in [1.29, 1.82) is 0 Å². The molecule has 0 heteroatoms. The highest BCUT2D eigenvalue weighted by molar-refractivity contribution is 4.82. The van der Waals surface area contributed by atoms with Crippen LogP contribution >= 0.6 is 0 Å². The highest BCUT2D eigenvalue weighted by Crippen LogP contribution is 2.43. The Morgan fingerprint density at radius 1 is 0.533 bits per heavy atom. The van der Waals surface area contributed by atoms with Crippen LogP contribution in [-0.4, -0.2) is 0 Å². The molecule has 3 fully saturated rings. The van der Waals surface area contributed by atoms with E-state index in [0.717, 1.165) is 11.8 Å². The summed E-state index contributed by atoms with van der Waals surface area (Å²) >= 11 is 0. The monoisotopic (exact) mass is 208 g/mol. The summed E-state index contributed by atoms with van der Waals surface area (Å²) in [6.07, 6.45) is 13.7. The summed E-state index contributed by atoms with van der Waals surface area (Å²) in [6.45, 7) is 4.73. The zero-order chi connectivity index (χ0) is 10.7. The van der Waals surface area contributed by atoms with Crippen molar-refractivity contribution in [3.05, 3.63) is 0 Å². The third kappa shape index (κ3) is 3.50. The third-order valence-corrected chi connectivity index (χ3v) is 4.94. The summed E-state index contributed by atoms with van der Waals surface area (Å²) in [5.41, 5.74) is 0. The lowest BCUT2D eigenvalue weighted by molar-refractivity contribution is 0.308. The van der Waals surface area contributed by atoms with Gasteiger partial charge in [-0.2, -0.15) is 0 Å². The summed E-state index contributed by atoms with van der Waals surface area (Å²) in [6, 6.07) is 0. The molecule has 0 spiro atoms. The van der Waals surface area contributed by atoms with E-state index in [1.165, 1.54) is 37.5 Å². The Balaban J connectivity index is 0.000000114. The van der Waals surface area contributed by atoms with Crippen LogP contribution in [0, 0.1) is 23.7 Å². The van der Waals surface area contributed by atoms with E-state index in [-0.39, 0.29) is 0 Å². The first-order chi connectivity index (χ1) is 7.24. The smallest absolute Gasteiger partial charge is 0.0411 e. The molecule has 0 unspecified atom stereocenters. The molecular weight excluding hydrogens is 180 g/mol. The van der Waals surface area contributed by atoms with Gasteiger partial charge in [0.25, 0.3) is 0 Å². The van der Waals surface area contributed by atoms with Crippen LogP contribution in [0.1, 0.15) is 71.6 Å². The molecular formula is C15H28. The average Bonchev–Trinajstić information content (AvgIpc) is 2.87. The van der Waals surface area contributed by atoms with E-state index >= 15 is 0 Å². The summed E-state index contributed by atoms with van der Waals surface area (Å²) in [5.74, 6) is 4.38. The fourth-order valence-electron chi connectivity index (χ4n) is 3.60. The Kier molecular flexibility index (Phi) is 4.11. The molecule has 0 N–H and O–H groups in total. The molecule has 0 amide bonds. The van der Waals surface area contributed by atoms with Gasteiger partial charge in [0.05, 0.1) is 0 Å². The molecule has 15 heavy (non-hydrogen) atoms. The molecule has 88 valence electrons. The minimum atomic E-state index is 1.02. The van der Waals surface area contributed by atoms with E-state index in [1.807, 2.05) is 0 Å². The summed E-state index contributed by atoms with van der Waals surface area (Å²) < 4.78 is 0. The van der Waals surface area contributed by atoms with Crippen molar-refractivity contribution >= 4 is 0 Å². The van der Waals surface area contributed by atoms with Crippen molar-refractivity contribution in [3.63, 3.8) is 0 Å². The minimum absolute atomic E-state index is 1.02. The van der Waals surface area contributed by atoms with Crippen molar-refractivity contribution < 1.29 is 0 Å². The van der Waals surface area contributed by atoms with E-state index in [1.54, 1.807) is 32.1 Å². The van der Waals surface area contributed by atoms with Crippen molar-refractivity contribution in [3.8, 4) is 0 Å². The van der Waals surface area contributed by atoms with Crippen LogP contribution in [0.5, 0.6) is 0 Å². The number of fused-ring (bicyclic) bond motifs is 2. The maximum atomic E-state index is 2.37. The van der Waals surface area contributed by atoms with Crippen LogP contribution in [0.25, 0.3) is 0 Å². The average molecular weight is 208 g/mol. The van der Waals surface area contributed by atoms with Gasteiger partial charge in [0.2, 0.25) is 0 Å². The van der Waals surface area contributed by atoms with Crippen molar-refractivity contribution in [2.75, 3.05) is 0 Å². The molecule has 0 atom stereocenters. The van der Waals surface area contributed by atoms with E-state index in [0.29, 0.717) is 0 Å². The first-order valence-corrected chi connectivity index (χ1v) is 7.24. The molecule has 0 radical (unpaired) electrons. The van der Waals surface area contributed by atoms with Gasteiger partial charge in [0.15, 0.2) is 0 Å². The maximum absolute atomic E-state index is 2.37. The molecule has 0 aromatic carbocycles. The SMILES string of the molecule is C1CC2CCC1C2.CC1CCC(C)CC1. The van der Waals surface area contributed by atoms with E-state index in [4.69, 9.17) is 0 Å². The van der Waals surface area contributed by atoms with Gasteiger partial charge in [-0.25, -0.2) is 0 Å². The van der Waals surface area contributed by atoms with E-state index < -0.39 is 0 Å². The zero-order valence-electron chi connectivity index (χ0n) is 10.7. The number of hydrogen-bond donors (Lipinski definition) is 0. The molecule has 0 saturated heterocycles. The van der Waals surface area contributed by atoms with Crippen LogP contribution in [0.3, 0.4) is 0 Å². The molecule has 0 aliphatic heterocycles. The van der Waals surface area contributed by atoms with Crippen LogP contribution in [-0.2, 0) is 0 Å². The highest BCUT2D eigenvalue weighted by atomic mass is 14.4. The second-order valence-corrected chi connectivity index (χ2v) is 6.49. The highest BCUT2D eigenvalue weighted by Gasteiger charge is 2.30. The molecule has 0 heterocycles. The summed E-state index contributed by atoms with van der Waals surface area (Å²) in [5, 5.41) is 0. The predicted octanol–water partition coefficient (Wildman–Crippen LogP) is 5.03. The van der Waals surface area contributed by atoms with Gasteiger partial charge >= 0.3 is 0 Å². The molecule has 3 rings (SSSR count). The van der Waals surface area contributed by atoms with Gasteiger partial charge in [0, 0.05) is 0 Å². The van der Waals surface area contributed by atoms with Crippen LogP contribution in [0.2, 0.25) is 0 Å². The predicted molar refractivity (Wildman–Crippen MR) is 66.9 cm³/mol. The Morgan fingerprint density at radius 2 is 0.867 bits per heavy atom. The normalized spacial score (nSPS) is 43.6. The van der Waals surface area contributed by atoms with Crippen LogP contribution in [0.15, 0.2) is 0 Å². The topological polar surface area (TPSA) is 0 Å². The molecule has 3 aliphatic rings. The molecule has 0 aromatic heterocycles. The van der Waals surface area contributed by atoms with Gasteiger partial charge in [-0.3, -0.25) is 0 Å². The van der Waals surface area contributed by atoms with Gasteiger partial charge in [-0.1, -0.05) is 65.2 Å². The molecule has 2 bridgehead atoms. The lowest BCUT2D eigenvalue weighted by Crippen LogP contribution is -2.08. The second-order valence-electron chi connectivity index (χ2n) is 6.49. The standard InChI is InChI=1S/C8H16.C7H12/c1-7-3-5-8(2)6-4-7;1-2-7-4-3-6(1)5-7/h7-8H,3-6H2,1-2H3;6-7H,1-5H2. The lowest BCUT2D eigenvalue weighted by atomic mass is 9.84. The summed E-state index contributed by atoms with van der Waals surface area (Å²) in [4.78, 5) is 0. The largest absolute Gasteiger partial charge is 0.0625 e. The second kappa shape index (κ2) is 5.37. The van der Waals surface area contributed by atoms with Crippen molar-refractivity contribution in [2.24, 2.45) is 23.7 Å². The van der Waals surface area contributed by atoms with Gasteiger partial charge in [0.1, 0.15) is 0 Å². The minimum Gasteiger partial charge on any atom is -0.0625 e.